The summed E-state index contributed by atoms with van der Waals surface area (Å²) in [6.07, 6.45) is 5.99. The Hall–Kier alpha value is -3.00. The molecule has 2 aromatic heterocycles. The largest absolute Gasteiger partial charge is 0.375 e. The highest BCUT2D eigenvalue weighted by Gasteiger charge is 2.48. The minimum absolute atomic E-state index is 0.0279. The first kappa shape index (κ1) is 18.1. The maximum Gasteiger partial charge on any atom is 0.249 e. The zero-order valence-electron chi connectivity index (χ0n) is 16.5. The molecule has 1 N–H and O–H groups in total. The molecule has 8 nitrogen and oxygen atoms in total. The first-order chi connectivity index (χ1) is 14.2. The molecule has 1 fully saturated rings. The number of benzene rings is 1. The SMILES string of the molecule is COCC(=O)N1CCc2[nH]cnc2C12CCN(c1cnc3ccccc3n1)CC2. The smallest absolute Gasteiger partial charge is 0.249 e. The number of ether oxygens (including phenoxy) is 1. The summed E-state index contributed by atoms with van der Waals surface area (Å²) < 4.78 is 5.14. The number of amides is 1. The number of fused-ring (bicyclic) bond motifs is 3. The number of nitrogens with zero attached hydrogens (tertiary/aromatic N) is 5. The fourth-order valence-electron chi connectivity index (χ4n) is 4.76. The molecule has 4 heterocycles. The molecule has 2 aliphatic rings. The Morgan fingerprint density at radius 2 is 1.97 bits per heavy atom. The van der Waals surface area contributed by atoms with Crippen LogP contribution in [0.5, 0.6) is 0 Å². The van der Waals surface area contributed by atoms with Gasteiger partial charge in [-0.25, -0.2) is 9.97 Å². The summed E-state index contributed by atoms with van der Waals surface area (Å²) in [4.78, 5) is 34.3. The lowest BCUT2D eigenvalue weighted by Gasteiger charge is -2.50. The van der Waals surface area contributed by atoms with E-state index in [-0.39, 0.29) is 18.1 Å². The molecule has 2 aliphatic heterocycles. The van der Waals surface area contributed by atoms with Crippen LogP contribution in [0, 0.1) is 0 Å². The summed E-state index contributed by atoms with van der Waals surface area (Å²) in [5.74, 6) is 0.909. The van der Waals surface area contributed by atoms with Crippen LogP contribution in [0.3, 0.4) is 0 Å². The van der Waals surface area contributed by atoms with Crippen LogP contribution in [0.25, 0.3) is 11.0 Å². The number of aromatic nitrogens is 4. The van der Waals surface area contributed by atoms with E-state index in [2.05, 4.69) is 19.9 Å². The predicted molar refractivity (Wildman–Crippen MR) is 109 cm³/mol. The Bertz CT molecular complexity index is 1040. The summed E-state index contributed by atoms with van der Waals surface area (Å²) in [6.45, 7) is 2.36. The van der Waals surface area contributed by atoms with Crippen molar-refractivity contribution in [1.29, 1.82) is 0 Å². The summed E-state index contributed by atoms with van der Waals surface area (Å²) in [5, 5.41) is 0. The summed E-state index contributed by atoms with van der Waals surface area (Å²) in [7, 11) is 1.56. The highest BCUT2D eigenvalue weighted by Crippen LogP contribution is 2.42. The van der Waals surface area contributed by atoms with Gasteiger partial charge in [-0.05, 0) is 25.0 Å². The van der Waals surface area contributed by atoms with E-state index < -0.39 is 0 Å². The topological polar surface area (TPSA) is 87.2 Å². The van der Waals surface area contributed by atoms with Gasteiger partial charge in [-0.15, -0.1) is 0 Å². The Labute approximate surface area is 168 Å². The van der Waals surface area contributed by atoms with E-state index in [4.69, 9.17) is 9.72 Å². The molecule has 1 amide bonds. The van der Waals surface area contributed by atoms with Gasteiger partial charge in [0.1, 0.15) is 12.4 Å². The molecule has 1 aromatic carbocycles. The molecule has 0 aliphatic carbocycles. The summed E-state index contributed by atoms with van der Waals surface area (Å²) in [5.41, 5.74) is 3.57. The number of nitrogens with one attached hydrogen (secondary N) is 1. The normalized spacial score (nSPS) is 18.2. The number of hydrogen-bond acceptors (Lipinski definition) is 6. The van der Waals surface area contributed by atoms with E-state index >= 15 is 0 Å². The first-order valence-electron chi connectivity index (χ1n) is 10.0. The number of carbonyl (C=O) groups is 1. The van der Waals surface area contributed by atoms with Gasteiger partial charge in [0, 0.05) is 38.9 Å². The van der Waals surface area contributed by atoms with Gasteiger partial charge >= 0.3 is 0 Å². The van der Waals surface area contributed by atoms with Crippen LogP contribution in [0.1, 0.15) is 24.2 Å². The van der Waals surface area contributed by atoms with E-state index in [0.717, 1.165) is 60.6 Å². The third kappa shape index (κ3) is 2.95. The fraction of sp³-hybridized carbons (Fsp3) is 0.429. The molecule has 8 heteroatoms. The number of hydrogen-bond donors (Lipinski definition) is 1. The Morgan fingerprint density at radius 1 is 1.17 bits per heavy atom. The molecule has 150 valence electrons. The molecule has 5 rings (SSSR count). The monoisotopic (exact) mass is 392 g/mol. The molecular weight excluding hydrogens is 368 g/mol. The van der Waals surface area contributed by atoms with Crippen LogP contribution >= 0.6 is 0 Å². The van der Waals surface area contributed by atoms with Crippen LogP contribution in [0.15, 0.2) is 36.8 Å². The zero-order valence-corrected chi connectivity index (χ0v) is 16.5. The van der Waals surface area contributed by atoms with E-state index in [1.165, 1.54) is 0 Å². The second kappa shape index (κ2) is 7.11. The lowest BCUT2D eigenvalue weighted by Crippen LogP contribution is -2.59. The first-order valence-corrected chi connectivity index (χ1v) is 10.0. The lowest BCUT2D eigenvalue weighted by atomic mass is 9.78. The average molecular weight is 392 g/mol. The maximum atomic E-state index is 12.8. The number of carbonyl (C=O) groups excluding carboxylic acids is 1. The maximum absolute atomic E-state index is 12.8. The molecule has 1 saturated heterocycles. The van der Waals surface area contributed by atoms with Gasteiger partial charge in [0.2, 0.25) is 5.91 Å². The highest BCUT2D eigenvalue weighted by molar-refractivity contribution is 5.79. The second-order valence-electron chi connectivity index (χ2n) is 7.69. The number of aromatic amines is 1. The van der Waals surface area contributed by atoms with Gasteiger partial charge < -0.3 is 19.5 Å². The Balaban J connectivity index is 1.43. The van der Waals surface area contributed by atoms with Gasteiger partial charge in [0.05, 0.1) is 34.8 Å². The van der Waals surface area contributed by atoms with Gasteiger partial charge in [-0.2, -0.15) is 0 Å². The molecule has 0 radical (unpaired) electrons. The zero-order chi connectivity index (χ0) is 19.8. The highest BCUT2D eigenvalue weighted by atomic mass is 16.5. The number of imidazole rings is 1. The van der Waals surface area contributed by atoms with Crippen LogP contribution in [-0.4, -0.2) is 64.1 Å². The van der Waals surface area contributed by atoms with Crippen molar-refractivity contribution >= 4 is 22.8 Å². The average Bonchev–Trinajstić information content (AvgIpc) is 3.24. The van der Waals surface area contributed by atoms with Crippen LogP contribution in [0.4, 0.5) is 5.82 Å². The quantitative estimate of drug-likeness (QED) is 0.732. The number of anilines is 1. The number of methoxy groups -OCH3 is 1. The standard InChI is InChI=1S/C21H24N6O2/c1-29-13-19(28)27-9-6-17-20(24-14-23-17)21(27)7-10-26(11-8-21)18-12-22-15-4-2-3-5-16(15)25-18/h2-5,12,14H,6-11,13H2,1H3,(H,23,24). The molecule has 29 heavy (non-hydrogen) atoms. The van der Waals surface area contributed by atoms with Crippen molar-refractivity contribution in [2.75, 3.05) is 38.3 Å². The van der Waals surface area contributed by atoms with Crippen molar-refractivity contribution in [3.8, 4) is 0 Å². The Kier molecular flexibility index (Phi) is 4.43. The number of rotatable bonds is 3. The fourth-order valence-corrected chi connectivity index (χ4v) is 4.76. The van der Waals surface area contributed by atoms with Gasteiger partial charge in [0.15, 0.2) is 0 Å². The minimum atomic E-state index is -0.385. The van der Waals surface area contributed by atoms with Gasteiger partial charge in [0.25, 0.3) is 0 Å². The molecular formula is C21H24N6O2. The molecule has 3 aromatic rings. The van der Waals surface area contributed by atoms with Crippen LogP contribution in [-0.2, 0) is 21.5 Å². The predicted octanol–water partition coefficient (Wildman–Crippen LogP) is 1.88. The van der Waals surface area contributed by atoms with E-state index in [1.807, 2.05) is 35.4 Å². The van der Waals surface area contributed by atoms with Crippen molar-refractivity contribution in [3.63, 3.8) is 0 Å². The van der Waals surface area contributed by atoms with Crippen molar-refractivity contribution in [3.05, 3.63) is 48.2 Å². The number of para-hydroxylation sites is 2. The third-order valence-electron chi connectivity index (χ3n) is 6.18. The third-order valence-corrected chi connectivity index (χ3v) is 6.18. The summed E-state index contributed by atoms with van der Waals surface area (Å²) in [6, 6.07) is 7.90. The van der Waals surface area contributed by atoms with Crippen molar-refractivity contribution in [1.82, 2.24) is 24.8 Å². The van der Waals surface area contributed by atoms with Crippen molar-refractivity contribution in [2.45, 2.75) is 24.8 Å². The van der Waals surface area contributed by atoms with Crippen molar-refractivity contribution < 1.29 is 9.53 Å². The molecule has 0 bridgehead atoms. The van der Waals surface area contributed by atoms with E-state index in [0.29, 0.717) is 6.54 Å². The van der Waals surface area contributed by atoms with Crippen LogP contribution < -0.4 is 4.90 Å². The van der Waals surface area contributed by atoms with Gasteiger partial charge in [-0.1, -0.05) is 12.1 Å². The minimum Gasteiger partial charge on any atom is -0.375 e. The summed E-state index contributed by atoms with van der Waals surface area (Å²) >= 11 is 0. The molecule has 0 atom stereocenters. The van der Waals surface area contributed by atoms with Crippen molar-refractivity contribution in [2.24, 2.45) is 0 Å². The second-order valence-corrected chi connectivity index (χ2v) is 7.69. The molecule has 0 unspecified atom stereocenters. The van der Waals surface area contributed by atoms with Crippen LogP contribution in [0.2, 0.25) is 0 Å². The van der Waals surface area contributed by atoms with E-state index in [1.54, 1.807) is 13.4 Å². The Morgan fingerprint density at radius 3 is 2.76 bits per heavy atom. The lowest BCUT2D eigenvalue weighted by molar-refractivity contribution is -0.144. The molecule has 1 spiro atoms. The number of piperidine rings is 1. The van der Waals surface area contributed by atoms with E-state index in [9.17, 15) is 4.79 Å². The molecule has 0 saturated carbocycles. The number of H-pyrrole nitrogens is 1. The van der Waals surface area contributed by atoms with Gasteiger partial charge in [-0.3, -0.25) is 9.78 Å².